The largest absolute Gasteiger partial charge is 0.221 e. The first-order valence-electron chi connectivity index (χ1n) is 5.35. The van der Waals surface area contributed by atoms with Crippen LogP contribution in [0.4, 0.5) is 0 Å². The summed E-state index contributed by atoms with van der Waals surface area (Å²) in [6.45, 7) is 3.98. The summed E-state index contributed by atoms with van der Waals surface area (Å²) in [6.07, 6.45) is 5.37. The van der Waals surface area contributed by atoms with Gasteiger partial charge in [-0.25, -0.2) is 14.6 Å². The molecule has 0 aromatic carbocycles. The molecule has 2 rings (SSSR count). The van der Waals surface area contributed by atoms with Crippen LogP contribution in [0.25, 0.3) is 5.82 Å². The molecule has 17 heavy (non-hydrogen) atoms. The van der Waals surface area contributed by atoms with Gasteiger partial charge in [-0.05, 0) is 29.3 Å². The van der Waals surface area contributed by atoms with Crippen molar-refractivity contribution in [2.45, 2.75) is 26.7 Å². The van der Waals surface area contributed by atoms with E-state index < -0.39 is 0 Å². The highest BCUT2D eigenvalue weighted by Crippen LogP contribution is 2.20. The Morgan fingerprint density at radius 2 is 2.18 bits per heavy atom. The average Bonchev–Trinajstić information content (AvgIpc) is 2.70. The number of aromatic nitrogens is 4. The zero-order valence-electron chi connectivity index (χ0n) is 9.61. The fourth-order valence-electron chi connectivity index (χ4n) is 1.50. The zero-order chi connectivity index (χ0) is 12.4. The van der Waals surface area contributed by atoms with Gasteiger partial charge in [0.2, 0.25) is 0 Å². The SMILES string of the molecule is CCCc1nc(Cl)c(C)c(-n2cc(Br)cn2)n1. The summed E-state index contributed by atoms with van der Waals surface area (Å²) in [5.41, 5.74) is 0.835. The third-order valence-electron chi connectivity index (χ3n) is 2.35. The normalized spacial score (nSPS) is 10.8. The maximum Gasteiger partial charge on any atom is 0.161 e. The van der Waals surface area contributed by atoms with Gasteiger partial charge in [-0.15, -0.1) is 0 Å². The van der Waals surface area contributed by atoms with E-state index in [4.69, 9.17) is 11.6 Å². The monoisotopic (exact) mass is 314 g/mol. The van der Waals surface area contributed by atoms with Gasteiger partial charge in [0, 0.05) is 18.2 Å². The lowest BCUT2D eigenvalue weighted by Gasteiger charge is -2.08. The predicted octanol–water partition coefficient (Wildman–Crippen LogP) is 3.34. The van der Waals surface area contributed by atoms with Crippen molar-refractivity contribution in [3.8, 4) is 5.82 Å². The number of aryl methyl sites for hydroxylation is 1. The van der Waals surface area contributed by atoms with Crippen LogP contribution in [0.15, 0.2) is 16.9 Å². The van der Waals surface area contributed by atoms with E-state index in [9.17, 15) is 0 Å². The van der Waals surface area contributed by atoms with Gasteiger partial charge in [0.25, 0.3) is 0 Å². The van der Waals surface area contributed by atoms with Gasteiger partial charge in [0.15, 0.2) is 5.82 Å². The molecule has 4 nitrogen and oxygen atoms in total. The summed E-state index contributed by atoms with van der Waals surface area (Å²) < 4.78 is 2.61. The van der Waals surface area contributed by atoms with Crippen LogP contribution in [0.2, 0.25) is 5.15 Å². The molecule has 0 atom stereocenters. The third kappa shape index (κ3) is 2.66. The van der Waals surface area contributed by atoms with E-state index in [1.54, 1.807) is 10.9 Å². The molecular formula is C11H12BrClN4. The van der Waals surface area contributed by atoms with Gasteiger partial charge in [-0.3, -0.25) is 0 Å². The van der Waals surface area contributed by atoms with E-state index in [0.717, 1.165) is 34.5 Å². The molecule has 2 heterocycles. The summed E-state index contributed by atoms with van der Waals surface area (Å²) in [5, 5.41) is 4.70. The van der Waals surface area contributed by atoms with Crippen molar-refractivity contribution in [2.75, 3.05) is 0 Å². The van der Waals surface area contributed by atoms with Crippen LogP contribution in [-0.2, 0) is 6.42 Å². The molecule has 0 spiro atoms. The summed E-state index contributed by atoms with van der Waals surface area (Å²) >= 11 is 9.47. The molecule has 2 aromatic heterocycles. The third-order valence-corrected chi connectivity index (χ3v) is 3.13. The van der Waals surface area contributed by atoms with Gasteiger partial charge in [-0.2, -0.15) is 5.10 Å². The lowest BCUT2D eigenvalue weighted by atomic mass is 10.3. The Morgan fingerprint density at radius 3 is 2.76 bits per heavy atom. The fourth-order valence-corrected chi connectivity index (χ4v) is 1.96. The van der Waals surface area contributed by atoms with Crippen molar-refractivity contribution in [3.05, 3.63) is 33.4 Å². The maximum atomic E-state index is 6.11. The van der Waals surface area contributed by atoms with Gasteiger partial charge < -0.3 is 0 Å². The average molecular weight is 316 g/mol. The Hall–Kier alpha value is -0.940. The number of halogens is 2. The van der Waals surface area contributed by atoms with Crippen molar-refractivity contribution in [2.24, 2.45) is 0 Å². The number of rotatable bonds is 3. The first kappa shape index (κ1) is 12.5. The molecule has 0 unspecified atom stereocenters. The quantitative estimate of drug-likeness (QED) is 0.816. The van der Waals surface area contributed by atoms with Gasteiger partial charge in [-0.1, -0.05) is 18.5 Å². The Kier molecular flexibility index (Phi) is 3.79. The second-order valence-electron chi connectivity index (χ2n) is 3.73. The standard InChI is InChI=1S/C11H12BrClN4/c1-3-4-9-15-10(13)7(2)11(16-9)17-6-8(12)5-14-17/h5-6H,3-4H2,1-2H3. The molecule has 0 saturated carbocycles. The summed E-state index contributed by atoms with van der Waals surface area (Å²) in [5.74, 6) is 1.49. The Morgan fingerprint density at radius 1 is 1.41 bits per heavy atom. The van der Waals surface area contributed by atoms with Crippen molar-refractivity contribution >= 4 is 27.5 Å². The van der Waals surface area contributed by atoms with E-state index >= 15 is 0 Å². The van der Waals surface area contributed by atoms with E-state index in [-0.39, 0.29) is 0 Å². The highest BCUT2D eigenvalue weighted by Gasteiger charge is 2.11. The lowest BCUT2D eigenvalue weighted by Crippen LogP contribution is -2.07. The van der Waals surface area contributed by atoms with Gasteiger partial charge in [0.05, 0.1) is 10.7 Å². The topological polar surface area (TPSA) is 43.6 Å². The Bertz CT molecular complexity index is 538. The molecule has 2 aromatic rings. The molecule has 0 amide bonds. The van der Waals surface area contributed by atoms with Crippen LogP contribution in [0, 0.1) is 6.92 Å². The molecule has 0 aliphatic carbocycles. The number of nitrogens with zero attached hydrogens (tertiary/aromatic N) is 4. The van der Waals surface area contributed by atoms with Crippen LogP contribution < -0.4 is 0 Å². The van der Waals surface area contributed by atoms with E-state index in [2.05, 4.69) is 37.9 Å². The van der Waals surface area contributed by atoms with Crippen molar-refractivity contribution in [1.29, 1.82) is 0 Å². The first-order chi connectivity index (χ1) is 8.11. The maximum absolute atomic E-state index is 6.11. The second-order valence-corrected chi connectivity index (χ2v) is 5.01. The highest BCUT2D eigenvalue weighted by molar-refractivity contribution is 9.10. The van der Waals surface area contributed by atoms with Crippen LogP contribution in [0.1, 0.15) is 24.7 Å². The Labute approximate surface area is 113 Å². The van der Waals surface area contributed by atoms with Gasteiger partial charge >= 0.3 is 0 Å². The molecule has 0 bridgehead atoms. The van der Waals surface area contributed by atoms with Crippen molar-refractivity contribution in [3.63, 3.8) is 0 Å². The van der Waals surface area contributed by atoms with E-state index in [1.165, 1.54) is 0 Å². The van der Waals surface area contributed by atoms with Crippen LogP contribution in [-0.4, -0.2) is 19.7 Å². The molecule has 0 aliphatic rings. The number of hydrogen-bond donors (Lipinski definition) is 0. The zero-order valence-corrected chi connectivity index (χ0v) is 12.0. The minimum Gasteiger partial charge on any atom is -0.221 e. The smallest absolute Gasteiger partial charge is 0.161 e. The summed E-state index contributed by atoms with van der Waals surface area (Å²) in [7, 11) is 0. The van der Waals surface area contributed by atoms with Crippen LogP contribution in [0.3, 0.4) is 0 Å². The van der Waals surface area contributed by atoms with E-state index in [0.29, 0.717) is 5.15 Å². The fraction of sp³-hybridized carbons (Fsp3) is 0.364. The molecule has 0 saturated heterocycles. The van der Waals surface area contributed by atoms with Crippen molar-refractivity contribution < 1.29 is 0 Å². The molecule has 0 radical (unpaired) electrons. The lowest BCUT2D eigenvalue weighted by molar-refractivity contribution is 0.777. The highest BCUT2D eigenvalue weighted by atomic mass is 79.9. The van der Waals surface area contributed by atoms with Gasteiger partial charge in [0.1, 0.15) is 11.0 Å². The molecule has 0 aliphatic heterocycles. The predicted molar refractivity (Wildman–Crippen MR) is 70.6 cm³/mol. The Balaban J connectivity index is 2.52. The summed E-state index contributed by atoms with van der Waals surface area (Å²) in [4.78, 5) is 8.75. The molecular weight excluding hydrogens is 304 g/mol. The molecule has 0 fully saturated rings. The van der Waals surface area contributed by atoms with Crippen molar-refractivity contribution in [1.82, 2.24) is 19.7 Å². The first-order valence-corrected chi connectivity index (χ1v) is 6.52. The second kappa shape index (κ2) is 5.14. The van der Waals surface area contributed by atoms with Crippen LogP contribution in [0.5, 0.6) is 0 Å². The number of hydrogen-bond acceptors (Lipinski definition) is 3. The molecule has 6 heteroatoms. The summed E-state index contributed by atoms with van der Waals surface area (Å²) in [6, 6.07) is 0. The van der Waals surface area contributed by atoms with E-state index in [1.807, 2.05) is 13.1 Å². The minimum absolute atomic E-state index is 0.491. The minimum atomic E-state index is 0.491. The molecule has 90 valence electrons. The van der Waals surface area contributed by atoms with Crippen LogP contribution >= 0.6 is 27.5 Å². The molecule has 0 N–H and O–H groups in total.